The van der Waals surface area contributed by atoms with Gasteiger partial charge in [-0.25, -0.2) is 0 Å². The molecule has 1 aliphatic rings. The molecule has 1 aliphatic heterocycles. The minimum atomic E-state index is -0.153. The van der Waals surface area contributed by atoms with Gasteiger partial charge in [0.05, 0.1) is 37.3 Å². The van der Waals surface area contributed by atoms with Gasteiger partial charge in [-0.05, 0) is 29.5 Å². The molecule has 1 amide bonds. The van der Waals surface area contributed by atoms with Crippen LogP contribution in [0, 0.1) is 0 Å². The molecule has 0 radical (unpaired) electrons. The molecule has 0 fully saturated rings. The average Bonchev–Trinajstić information content (AvgIpc) is 3.42. The van der Waals surface area contributed by atoms with Gasteiger partial charge in [0.2, 0.25) is 5.78 Å². The third kappa shape index (κ3) is 4.50. The number of hydrogen-bond donors (Lipinski definition) is 0. The van der Waals surface area contributed by atoms with Crippen molar-refractivity contribution in [3.05, 3.63) is 81.6 Å². The first-order valence-corrected chi connectivity index (χ1v) is 11.4. The number of carbonyl (C=O) groups excluding carboxylic acids is 2. The number of ketones is 1. The molecule has 2 heterocycles. The van der Waals surface area contributed by atoms with Crippen LogP contribution in [0.15, 0.2) is 60.0 Å². The molecule has 170 valence electrons. The number of rotatable bonds is 7. The van der Waals surface area contributed by atoms with Gasteiger partial charge < -0.3 is 19.1 Å². The molecule has 0 N–H and O–H groups in total. The highest BCUT2D eigenvalue weighted by atomic mass is 32.1. The van der Waals surface area contributed by atoms with Gasteiger partial charge in [-0.1, -0.05) is 30.3 Å². The van der Waals surface area contributed by atoms with Crippen molar-refractivity contribution >= 4 is 28.6 Å². The van der Waals surface area contributed by atoms with Gasteiger partial charge in [0, 0.05) is 30.8 Å². The van der Waals surface area contributed by atoms with Gasteiger partial charge in [-0.15, -0.1) is 11.3 Å². The lowest BCUT2D eigenvalue weighted by Gasteiger charge is -2.28. The van der Waals surface area contributed by atoms with Crippen LogP contribution in [0.3, 0.4) is 0 Å². The Kier molecular flexibility index (Phi) is 6.79. The molecule has 0 saturated carbocycles. The zero-order valence-electron chi connectivity index (χ0n) is 18.8. The number of ether oxygens (including phenoxy) is 3. The molecule has 2 aromatic carbocycles. The van der Waals surface area contributed by atoms with Gasteiger partial charge in [0.1, 0.15) is 17.2 Å². The predicted octanol–water partition coefficient (Wildman–Crippen LogP) is 4.93. The van der Waals surface area contributed by atoms with Crippen LogP contribution in [0.5, 0.6) is 17.2 Å². The van der Waals surface area contributed by atoms with Crippen LogP contribution in [0.25, 0.3) is 5.57 Å². The molecule has 0 atom stereocenters. The number of amides is 1. The van der Waals surface area contributed by atoms with E-state index in [9.17, 15) is 9.59 Å². The molecule has 0 bridgehead atoms. The van der Waals surface area contributed by atoms with E-state index in [1.807, 2.05) is 29.7 Å². The molecule has 4 rings (SSSR count). The molecule has 6 nitrogen and oxygen atoms in total. The van der Waals surface area contributed by atoms with E-state index in [2.05, 4.69) is 0 Å². The minimum absolute atomic E-state index is 0.130. The number of nitrogens with zero attached hydrogens (tertiary/aromatic N) is 1. The second kappa shape index (κ2) is 9.92. The summed E-state index contributed by atoms with van der Waals surface area (Å²) in [7, 11) is 4.81. The summed E-state index contributed by atoms with van der Waals surface area (Å²) >= 11 is 1.37. The molecule has 3 aromatic rings. The van der Waals surface area contributed by atoms with E-state index in [0.717, 1.165) is 11.1 Å². The highest BCUT2D eigenvalue weighted by Crippen LogP contribution is 2.41. The maximum atomic E-state index is 13.3. The summed E-state index contributed by atoms with van der Waals surface area (Å²) in [6, 6.07) is 14.3. The summed E-state index contributed by atoms with van der Waals surface area (Å²) in [5.74, 6) is 1.68. The topological polar surface area (TPSA) is 65.1 Å². The summed E-state index contributed by atoms with van der Waals surface area (Å²) in [5.41, 5.74) is 2.75. The van der Waals surface area contributed by atoms with Crippen LogP contribution in [0.2, 0.25) is 0 Å². The van der Waals surface area contributed by atoms with Crippen molar-refractivity contribution in [2.75, 3.05) is 34.4 Å². The smallest absolute Gasteiger partial charge is 0.254 e. The summed E-state index contributed by atoms with van der Waals surface area (Å²) in [5, 5.41) is 1.86. The highest BCUT2D eigenvalue weighted by Gasteiger charge is 2.26. The Morgan fingerprint density at radius 3 is 2.15 bits per heavy atom. The van der Waals surface area contributed by atoms with Crippen molar-refractivity contribution in [1.29, 1.82) is 0 Å². The van der Waals surface area contributed by atoms with Crippen LogP contribution in [0.1, 0.15) is 37.6 Å². The maximum Gasteiger partial charge on any atom is 0.254 e. The normalized spacial score (nSPS) is 13.3. The standard InChI is InChI=1S/C26H25NO5S/c1-30-18-15-21(31-2)24(22(16-18)32-3)17-10-12-27(13-11-17)26(29)20-8-5-4-7-19(20)25(28)23-9-6-14-33-23/h4-10,14-16H,11-13H2,1-3H3. The van der Waals surface area contributed by atoms with Crippen LogP contribution >= 0.6 is 11.3 Å². The monoisotopic (exact) mass is 463 g/mol. The molecule has 33 heavy (non-hydrogen) atoms. The lowest BCUT2D eigenvalue weighted by Crippen LogP contribution is -2.35. The Bertz CT molecular complexity index is 1170. The lowest BCUT2D eigenvalue weighted by atomic mass is 9.96. The van der Waals surface area contributed by atoms with Gasteiger partial charge in [0.15, 0.2) is 0 Å². The first-order valence-electron chi connectivity index (χ1n) is 10.5. The van der Waals surface area contributed by atoms with E-state index >= 15 is 0 Å². The summed E-state index contributed by atoms with van der Waals surface area (Å²) in [6.45, 7) is 0.943. The summed E-state index contributed by atoms with van der Waals surface area (Å²) in [6.07, 6.45) is 2.64. The van der Waals surface area contributed by atoms with E-state index in [-0.39, 0.29) is 11.7 Å². The Hall–Kier alpha value is -3.58. The molecular weight excluding hydrogens is 438 g/mol. The van der Waals surface area contributed by atoms with Crippen molar-refractivity contribution < 1.29 is 23.8 Å². The third-order valence-corrected chi connectivity index (χ3v) is 6.55. The molecular formula is C26H25NO5S. The van der Waals surface area contributed by atoms with E-state index in [0.29, 0.717) is 52.8 Å². The average molecular weight is 464 g/mol. The Labute approximate surface area is 197 Å². The van der Waals surface area contributed by atoms with Crippen LogP contribution in [-0.2, 0) is 0 Å². The van der Waals surface area contributed by atoms with Crippen LogP contribution in [0.4, 0.5) is 0 Å². The number of methoxy groups -OCH3 is 3. The van der Waals surface area contributed by atoms with Gasteiger partial charge in [-0.3, -0.25) is 9.59 Å². The van der Waals surface area contributed by atoms with Gasteiger partial charge in [0.25, 0.3) is 5.91 Å². The molecule has 0 saturated heterocycles. The van der Waals surface area contributed by atoms with Crippen LogP contribution < -0.4 is 14.2 Å². The Morgan fingerprint density at radius 1 is 0.909 bits per heavy atom. The molecule has 0 aliphatic carbocycles. The van der Waals surface area contributed by atoms with Crippen molar-refractivity contribution in [3.63, 3.8) is 0 Å². The molecule has 7 heteroatoms. The second-order valence-corrected chi connectivity index (χ2v) is 8.44. The van der Waals surface area contributed by atoms with Crippen molar-refractivity contribution in [2.24, 2.45) is 0 Å². The van der Waals surface area contributed by atoms with E-state index in [1.54, 1.807) is 56.6 Å². The number of thiophene rings is 1. The quantitative estimate of drug-likeness (QED) is 0.465. The fourth-order valence-electron chi connectivity index (χ4n) is 3.98. The predicted molar refractivity (Wildman–Crippen MR) is 129 cm³/mol. The second-order valence-electron chi connectivity index (χ2n) is 7.49. The van der Waals surface area contributed by atoms with Gasteiger partial charge >= 0.3 is 0 Å². The van der Waals surface area contributed by atoms with Crippen molar-refractivity contribution in [1.82, 2.24) is 4.90 Å². The summed E-state index contributed by atoms with van der Waals surface area (Å²) < 4.78 is 16.5. The Balaban J connectivity index is 1.60. The largest absolute Gasteiger partial charge is 0.496 e. The van der Waals surface area contributed by atoms with Gasteiger partial charge in [-0.2, -0.15) is 0 Å². The first kappa shape index (κ1) is 22.6. The first-order chi connectivity index (χ1) is 16.1. The van der Waals surface area contributed by atoms with Crippen molar-refractivity contribution in [3.8, 4) is 17.2 Å². The lowest BCUT2D eigenvalue weighted by molar-refractivity contribution is 0.0768. The van der Waals surface area contributed by atoms with Crippen LogP contribution in [-0.4, -0.2) is 51.0 Å². The molecule has 1 aromatic heterocycles. The highest BCUT2D eigenvalue weighted by molar-refractivity contribution is 7.12. The van der Waals surface area contributed by atoms with Crippen molar-refractivity contribution in [2.45, 2.75) is 6.42 Å². The number of benzene rings is 2. The maximum absolute atomic E-state index is 13.3. The van der Waals surface area contributed by atoms with E-state index < -0.39 is 0 Å². The number of carbonyl (C=O) groups is 2. The molecule has 0 unspecified atom stereocenters. The number of hydrogen-bond acceptors (Lipinski definition) is 6. The fraction of sp³-hybridized carbons (Fsp3) is 0.231. The molecule has 0 spiro atoms. The van der Waals surface area contributed by atoms with E-state index in [1.165, 1.54) is 11.3 Å². The zero-order valence-corrected chi connectivity index (χ0v) is 19.6. The fourth-order valence-corrected chi connectivity index (χ4v) is 4.66. The zero-order chi connectivity index (χ0) is 23.4. The SMILES string of the molecule is COc1cc(OC)c(C2=CCN(C(=O)c3ccccc3C(=O)c3cccs3)CC2)c(OC)c1. The summed E-state index contributed by atoms with van der Waals surface area (Å²) in [4.78, 5) is 28.7. The Morgan fingerprint density at radius 2 is 1.61 bits per heavy atom. The van der Waals surface area contributed by atoms with E-state index in [4.69, 9.17) is 14.2 Å². The third-order valence-electron chi connectivity index (χ3n) is 5.68. The minimum Gasteiger partial charge on any atom is -0.496 e.